The molecule has 0 aliphatic heterocycles. The number of halogens is 3. The molecular weight excluding hydrogens is 397 g/mol. The van der Waals surface area contributed by atoms with Crippen LogP contribution in [0.2, 0.25) is 0 Å². The quantitative estimate of drug-likeness (QED) is 0.645. The SMILES string of the molecule is CCCNC(Cc1cccc(Br)c1)c1cc(F)cc(Br)c1. The fourth-order valence-electron chi connectivity index (χ4n) is 2.30. The number of rotatable bonds is 6. The molecule has 0 radical (unpaired) electrons. The summed E-state index contributed by atoms with van der Waals surface area (Å²) in [6.07, 6.45) is 1.88. The molecule has 1 unspecified atom stereocenters. The average Bonchev–Trinajstić information content (AvgIpc) is 2.42. The van der Waals surface area contributed by atoms with Crippen LogP contribution >= 0.6 is 31.9 Å². The van der Waals surface area contributed by atoms with Gasteiger partial charge < -0.3 is 5.32 Å². The Morgan fingerprint density at radius 1 is 1.10 bits per heavy atom. The van der Waals surface area contributed by atoms with E-state index < -0.39 is 0 Å². The van der Waals surface area contributed by atoms with Gasteiger partial charge in [0, 0.05) is 15.0 Å². The number of nitrogens with one attached hydrogen (secondary N) is 1. The summed E-state index contributed by atoms with van der Waals surface area (Å²) in [5, 5.41) is 3.51. The molecule has 0 fully saturated rings. The highest BCUT2D eigenvalue weighted by Crippen LogP contribution is 2.24. The molecule has 4 heteroatoms. The van der Waals surface area contributed by atoms with Gasteiger partial charge in [-0.05, 0) is 60.8 Å². The molecule has 1 nitrogen and oxygen atoms in total. The van der Waals surface area contributed by atoms with Crippen LogP contribution in [0.4, 0.5) is 4.39 Å². The van der Waals surface area contributed by atoms with E-state index in [9.17, 15) is 4.39 Å². The van der Waals surface area contributed by atoms with Gasteiger partial charge in [0.15, 0.2) is 0 Å². The molecule has 2 aromatic carbocycles. The summed E-state index contributed by atoms with van der Waals surface area (Å²) in [5.74, 6) is -0.211. The molecule has 0 saturated carbocycles. The number of hydrogen-bond acceptors (Lipinski definition) is 1. The zero-order chi connectivity index (χ0) is 15.2. The van der Waals surface area contributed by atoms with Crippen molar-refractivity contribution in [3.05, 3.63) is 68.4 Å². The second-order valence-corrected chi connectivity index (χ2v) is 6.87. The van der Waals surface area contributed by atoms with Crippen LogP contribution in [0.15, 0.2) is 51.4 Å². The standard InChI is InChI=1S/C17H18Br2FN/c1-2-6-21-17(8-12-4-3-5-14(18)7-12)13-9-15(19)11-16(20)10-13/h3-5,7,9-11,17,21H,2,6,8H2,1H3. The minimum atomic E-state index is -0.211. The van der Waals surface area contributed by atoms with Crippen LogP contribution < -0.4 is 5.32 Å². The topological polar surface area (TPSA) is 12.0 Å². The predicted molar refractivity (Wildman–Crippen MR) is 93.0 cm³/mol. The normalized spacial score (nSPS) is 12.4. The van der Waals surface area contributed by atoms with E-state index in [1.807, 2.05) is 18.2 Å². The summed E-state index contributed by atoms with van der Waals surface area (Å²) in [7, 11) is 0. The molecule has 112 valence electrons. The van der Waals surface area contributed by atoms with Crippen LogP contribution in [0.5, 0.6) is 0 Å². The van der Waals surface area contributed by atoms with Crippen molar-refractivity contribution in [2.45, 2.75) is 25.8 Å². The van der Waals surface area contributed by atoms with Gasteiger partial charge in [0.05, 0.1) is 0 Å². The number of benzene rings is 2. The highest BCUT2D eigenvalue weighted by molar-refractivity contribution is 9.10. The van der Waals surface area contributed by atoms with Gasteiger partial charge in [0.25, 0.3) is 0 Å². The second kappa shape index (κ2) is 8.06. The minimum absolute atomic E-state index is 0.103. The highest BCUT2D eigenvalue weighted by atomic mass is 79.9. The molecule has 2 aromatic rings. The van der Waals surface area contributed by atoms with Gasteiger partial charge in [-0.2, -0.15) is 0 Å². The van der Waals surface area contributed by atoms with E-state index in [1.165, 1.54) is 11.6 Å². The Labute approximate surface area is 142 Å². The lowest BCUT2D eigenvalue weighted by Gasteiger charge is -2.20. The molecule has 1 atom stereocenters. The maximum atomic E-state index is 13.6. The molecule has 0 heterocycles. The molecule has 2 rings (SSSR count). The summed E-state index contributed by atoms with van der Waals surface area (Å²) < 4.78 is 15.5. The first kappa shape index (κ1) is 16.7. The van der Waals surface area contributed by atoms with Gasteiger partial charge in [-0.25, -0.2) is 4.39 Å². The van der Waals surface area contributed by atoms with Crippen molar-refractivity contribution in [1.29, 1.82) is 0 Å². The lowest BCUT2D eigenvalue weighted by atomic mass is 9.98. The Morgan fingerprint density at radius 3 is 2.57 bits per heavy atom. The van der Waals surface area contributed by atoms with E-state index in [0.717, 1.165) is 33.9 Å². The van der Waals surface area contributed by atoms with Crippen LogP contribution in [0.1, 0.15) is 30.5 Å². The molecule has 0 amide bonds. The van der Waals surface area contributed by atoms with Crippen molar-refractivity contribution in [1.82, 2.24) is 5.32 Å². The summed E-state index contributed by atoms with van der Waals surface area (Å²) in [6.45, 7) is 3.04. The lowest BCUT2D eigenvalue weighted by Crippen LogP contribution is -2.24. The lowest BCUT2D eigenvalue weighted by molar-refractivity contribution is 0.524. The maximum absolute atomic E-state index is 13.6. The van der Waals surface area contributed by atoms with Gasteiger partial charge in [0.2, 0.25) is 0 Å². The minimum Gasteiger partial charge on any atom is -0.310 e. The first-order valence-corrected chi connectivity index (χ1v) is 8.61. The molecule has 1 N–H and O–H groups in total. The Kier molecular flexibility index (Phi) is 6.40. The van der Waals surface area contributed by atoms with Crippen molar-refractivity contribution in [3.8, 4) is 0 Å². The Hall–Kier alpha value is -0.710. The molecule has 0 aromatic heterocycles. The van der Waals surface area contributed by atoms with E-state index in [2.05, 4.69) is 56.2 Å². The monoisotopic (exact) mass is 413 g/mol. The first-order chi connectivity index (χ1) is 10.1. The van der Waals surface area contributed by atoms with Crippen LogP contribution in [-0.4, -0.2) is 6.54 Å². The van der Waals surface area contributed by atoms with Crippen molar-refractivity contribution in [2.24, 2.45) is 0 Å². The fraction of sp³-hybridized carbons (Fsp3) is 0.294. The summed E-state index contributed by atoms with van der Waals surface area (Å²) >= 11 is 6.87. The van der Waals surface area contributed by atoms with Crippen LogP contribution in [0, 0.1) is 5.82 Å². The van der Waals surface area contributed by atoms with Gasteiger partial charge in [-0.3, -0.25) is 0 Å². The van der Waals surface area contributed by atoms with Crippen molar-refractivity contribution in [2.75, 3.05) is 6.54 Å². The Bertz CT molecular complexity index is 581. The van der Waals surface area contributed by atoms with Gasteiger partial charge >= 0.3 is 0 Å². The van der Waals surface area contributed by atoms with Gasteiger partial charge in [-0.1, -0.05) is 50.9 Å². The van der Waals surface area contributed by atoms with E-state index in [4.69, 9.17) is 0 Å². The van der Waals surface area contributed by atoms with E-state index in [0.29, 0.717) is 0 Å². The zero-order valence-electron chi connectivity index (χ0n) is 11.9. The summed E-state index contributed by atoms with van der Waals surface area (Å²) in [5.41, 5.74) is 2.19. The zero-order valence-corrected chi connectivity index (χ0v) is 15.0. The highest BCUT2D eigenvalue weighted by Gasteiger charge is 2.13. The third-order valence-electron chi connectivity index (χ3n) is 3.26. The number of hydrogen-bond donors (Lipinski definition) is 1. The van der Waals surface area contributed by atoms with Crippen LogP contribution in [-0.2, 0) is 6.42 Å². The molecule has 0 aliphatic carbocycles. The molecule has 0 bridgehead atoms. The van der Waals surface area contributed by atoms with Crippen molar-refractivity contribution < 1.29 is 4.39 Å². The third-order valence-corrected chi connectivity index (χ3v) is 4.21. The van der Waals surface area contributed by atoms with Crippen LogP contribution in [0.3, 0.4) is 0 Å². The molecule has 0 spiro atoms. The second-order valence-electron chi connectivity index (χ2n) is 5.04. The maximum Gasteiger partial charge on any atom is 0.124 e. The largest absolute Gasteiger partial charge is 0.310 e. The first-order valence-electron chi connectivity index (χ1n) is 7.02. The summed E-state index contributed by atoms with van der Waals surface area (Å²) in [6, 6.07) is 13.4. The smallest absolute Gasteiger partial charge is 0.124 e. The van der Waals surface area contributed by atoms with Crippen molar-refractivity contribution >= 4 is 31.9 Å². The van der Waals surface area contributed by atoms with Crippen molar-refractivity contribution in [3.63, 3.8) is 0 Å². The molecule has 21 heavy (non-hydrogen) atoms. The Balaban J connectivity index is 2.25. The van der Waals surface area contributed by atoms with E-state index in [-0.39, 0.29) is 11.9 Å². The van der Waals surface area contributed by atoms with E-state index in [1.54, 1.807) is 6.07 Å². The van der Waals surface area contributed by atoms with E-state index >= 15 is 0 Å². The Morgan fingerprint density at radius 2 is 1.90 bits per heavy atom. The molecule has 0 saturated heterocycles. The third kappa shape index (κ3) is 5.20. The summed E-state index contributed by atoms with van der Waals surface area (Å²) in [4.78, 5) is 0. The van der Waals surface area contributed by atoms with Crippen LogP contribution in [0.25, 0.3) is 0 Å². The van der Waals surface area contributed by atoms with Gasteiger partial charge in [-0.15, -0.1) is 0 Å². The fourth-order valence-corrected chi connectivity index (χ4v) is 3.23. The average molecular weight is 415 g/mol. The predicted octanol–water partition coefficient (Wildman–Crippen LogP) is 5.63. The van der Waals surface area contributed by atoms with Gasteiger partial charge in [0.1, 0.15) is 5.82 Å². The molecule has 0 aliphatic rings. The molecular formula is C17H18Br2FN.